The zero-order valence-electron chi connectivity index (χ0n) is 11.0. The van der Waals surface area contributed by atoms with Gasteiger partial charge in [0.05, 0.1) is 5.56 Å². The average Bonchev–Trinajstić information content (AvgIpc) is 2.38. The molecule has 0 saturated carbocycles. The molecule has 0 aliphatic rings. The summed E-state index contributed by atoms with van der Waals surface area (Å²) < 4.78 is 5.70. The summed E-state index contributed by atoms with van der Waals surface area (Å²) in [5.74, 6) is -0.256. The maximum Gasteiger partial charge on any atom is 0.335 e. The number of aromatic carboxylic acids is 1. The Morgan fingerprint density at radius 2 is 1.63 bits per heavy atom. The molecular formula is C16H16O3. The lowest BCUT2D eigenvalue weighted by Gasteiger charge is -2.11. The molecule has 19 heavy (non-hydrogen) atoms. The number of aryl methyl sites for hydroxylation is 2. The summed E-state index contributed by atoms with van der Waals surface area (Å²) in [5, 5.41) is 8.82. The number of hydrogen-bond donors (Lipinski definition) is 1. The molecule has 0 radical (unpaired) electrons. The van der Waals surface area contributed by atoms with Crippen LogP contribution in [-0.2, 0) is 6.61 Å². The van der Waals surface area contributed by atoms with Crippen molar-refractivity contribution in [3.05, 3.63) is 64.7 Å². The second-order valence-corrected chi connectivity index (χ2v) is 4.49. The highest BCUT2D eigenvalue weighted by Gasteiger charge is 2.05. The normalized spacial score (nSPS) is 10.2. The maximum absolute atomic E-state index is 10.7. The summed E-state index contributed by atoms with van der Waals surface area (Å²) in [5.41, 5.74) is 3.83. The third kappa shape index (κ3) is 3.13. The molecule has 0 aromatic heterocycles. The topological polar surface area (TPSA) is 46.5 Å². The molecule has 1 N–H and O–H groups in total. The van der Waals surface area contributed by atoms with Crippen molar-refractivity contribution in [1.29, 1.82) is 0 Å². The Kier molecular flexibility index (Phi) is 3.85. The summed E-state index contributed by atoms with van der Waals surface area (Å²) in [6.07, 6.45) is 0. The van der Waals surface area contributed by atoms with E-state index in [1.165, 1.54) is 16.7 Å². The Labute approximate surface area is 112 Å². The highest BCUT2D eigenvalue weighted by molar-refractivity contribution is 5.87. The van der Waals surface area contributed by atoms with Crippen molar-refractivity contribution in [2.45, 2.75) is 20.5 Å². The first-order valence-corrected chi connectivity index (χ1v) is 6.09. The molecule has 0 fully saturated rings. The SMILES string of the molecule is Cc1cccc(C)c1COc1ccc(C(=O)O)cc1. The van der Waals surface area contributed by atoms with Crippen molar-refractivity contribution in [3.8, 4) is 5.75 Å². The molecule has 3 heteroatoms. The molecule has 0 heterocycles. The Morgan fingerprint density at radius 3 is 2.16 bits per heavy atom. The maximum atomic E-state index is 10.7. The molecule has 0 aliphatic heterocycles. The van der Waals surface area contributed by atoms with E-state index in [0.29, 0.717) is 12.4 Å². The average molecular weight is 256 g/mol. The van der Waals surface area contributed by atoms with E-state index < -0.39 is 5.97 Å². The van der Waals surface area contributed by atoms with Crippen LogP contribution in [0.3, 0.4) is 0 Å². The zero-order valence-corrected chi connectivity index (χ0v) is 11.0. The monoisotopic (exact) mass is 256 g/mol. The van der Waals surface area contributed by atoms with E-state index in [-0.39, 0.29) is 5.56 Å². The lowest BCUT2D eigenvalue weighted by atomic mass is 10.0. The third-order valence-electron chi connectivity index (χ3n) is 3.13. The minimum Gasteiger partial charge on any atom is -0.489 e. The highest BCUT2D eigenvalue weighted by atomic mass is 16.5. The number of rotatable bonds is 4. The minimum absolute atomic E-state index is 0.263. The molecule has 98 valence electrons. The molecule has 0 unspecified atom stereocenters. The Bertz CT molecular complexity index is 565. The van der Waals surface area contributed by atoms with Gasteiger partial charge in [0.15, 0.2) is 0 Å². The van der Waals surface area contributed by atoms with E-state index >= 15 is 0 Å². The number of hydrogen-bond acceptors (Lipinski definition) is 2. The molecule has 0 atom stereocenters. The van der Waals surface area contributed by atoms with Gasteiger partial charge in [-0.3, -0.25) is 0 Å². The fourth-order valence-corrected chi connectivity index (χ4v) is 1.93. The first-order chi connectivity index (χ1) is 9.08. The van der Waals surface area contributed by atoms with Crippen LogP contribution in [0.15, 0.2) is 42.5 Å². The standard InChI is InChI=1S/C16H16O3/c1-11-4-3-5-12(2)15(11)10-19-14-8-6-13(7-9-14)16(17)18/h3-9H,10H2,1-2H3,(H,17,18). The van der Waals surface area contributed by atoms with E-state index in [1.54, 1.807) is 24.3 Å². The Balaban J connectivity index is 2.08. The fourth-order valence-electron chi connectivity index (χ4n) is 1.93. The van der Waals surface area contributed by atoms with E-state index in [9.17, 15) is 4.79 Å². The van der Waals surface area contributed by atoms with E-state index in [4.69, 9.17) is 9.84 Å². The summed E-state index contributed by atoms with van der Waals surface area (Å²) in [7, 11) is 0. The van der Waals surface area contributed by atoms with Crippen molar-refractivity contribution in [2.24, 2.45) is 0 Å². The van der Waals surface area contributed by atoms with Gasteiger partial charge in [0.1, 0.15) is 12.4 Å². The third-order valence-corrected chi connectivity index (χ3v) is 3.13. The lowest BCUT2D eigenvalue weighted by molar-refractivity contribution is 0.0697. The fraction of sp³-hybridized carbons (Fsp3) is 0.188. The minimum atomic E-state index is -0.929. The quantitative estimate of drug-likeness (QED) is 0.909. The first-order valence-electron chi connectivity index (χ1n) is 6.09. The molecular weight excluding hydrogens is 240 g/mol. The largest absolute Gasteiger partial charge is 0.489 e. The summed E-state index contributed by atoms with van der Waals surface area (Å²) >= 11 is 0. The number of carbonyl (C=O) groups is 1. The number of ether oxygens (including phenoxy) is 1. The summed E-state index contributed by atoms with van der Waals surface area (Å²) in [4.78, 5) is 10.7. The van der Waals surface area contributed by atoms with Crippen molar-refractivity contribution in [1.82, 2.24) is 0 Å². The van der Waals surface area contributed by atoms with Gasteiger partial charge < -0.3 is 9.84 Å². The van der Waals surface area contributed by atoms with Crippen molar-refractivity contribution in [3.63, 3.8) is 0 Å². The van der Waals surface area contributed by atoms with Crippen LogP contribution in [0.4, 0.5) is 0 Å². The molecule has 3 nitrogen and oxygen atoms in total. The molecule has 0 amide bonds. The second kappa shape index (κ2) is 5.57. The van der Waals surface area contributed by atoms with Crippen LogP contribution >= 0.6 is 0 Å². The van der Waals surface area contributed by atoms with Gasteiger partial charge in [-0.15, -0.1) is 0 Å². The summed E-state index contributed by atoms with van der Waals surface area (Å²) in [6.45, 7) is 4.60. The van der Waals surface area contributed by atoms with Crippen LogP contribution < -0.4 is 4.74 Å². The Morgan fingerprint density at radius 1 is 1.05 bits per heavy atom. The van der Waals surface area contributed by atoms with Gasteiger partial charge in [0.2, 0.25) is 0 Å². The van der Waals surface area contributed by atoms with Crippen LogP contribution in [0.2, 0.25) is 0 Å². The van der Waals surface area contributed by atoms with Gasteiger partial charge in [-0.2, -0.15) is 0 Å². The van der Waals surface area contributed by atoms with Crippen molar-refractivity contribution < 1.29 is 14.6 Å². The number of carboxylic acid groups (broad SMARTS) is 1. The molecule has 2 aromatic rings. The first kappa shape index (κ1) is 13.1. The van der Waals surface area contributed by atoms with E-state index in [2.05, 4.69) is 26.0 Å². The Hall–Kier alpha value is -2.29. The lowest BCUT2D eigenvalue weighted by Crippen LogP contribution is -2.01. The highest BCUT2D eigenvalue weighted by Crippen LogP contribution is 2.18. The number of carboxylic acids is 1. The van der Waals surface area contributed by atoms with Crippen molar-refractivity contribution in [2.75, 3.05) is 0 Å². The number of benzene rings is 2. The van der Waals surface area contributed by atoms with Gasteiger partial charge >= 0.3 is 5.97 Å². The van der Waals surface area contributed by atoms with E-state index in [1.807, 2.05) is 6.07 Å². The van der Waals surface area contributed by atoms with Gasteiger partial charge in [-0.1, -0.05) is 18.2 Å². The van der Waals surface area contributed by atoms with Gasteiger partial charge in [0.25, 0.3) is 0 Å². The predicted octanol–water partition coefficient (Wildman–Crippen LogP) is 3.58. The van der Waals surface area contributed by atoms with E-state index in [0.717, 1.165) is 0 Å². The van der Waals surface area contributed by atoms with Gasteiger partial charge in [0, 0.05) is 0 Å². The van der Waals surface area contributed by atoms with Crippen LogP contribution in [0.25, 0.3) is 0 Å². The molecule has 0 aliphatic carbocycles. The molecule has 0 spiro atoms. The zero-order chi connectivity index (χ0) is 13.8. The molecule has 2 rings (SSSR count). The van der Waals surface area contributed by atoms with Crippen LogP contribution in [0.1, 0.15) is 27.0 Å². The van der Waals surface area contributed by atoms with Crippen LogP contribution in [0.5, 0.6) is 5.75 Å². The molecule has 2 aromatic carbocycles. The predicted molar refractivity (Wildman–Crippen MR) is 73.6 cm³/mol. The van der Waals surface area contributed by atoms with Crippen LogP contribution in [0, 0.1) is 13.8 Å². The molecule has 0 bridgehead atoms. The summed E-state index contributed by atoms with van der Waals surface area (Å²) in [6, 6.07) is 12.6. The second-order valence-electron chi connectivity index (χ2n) is 4.49. The molecule has 0 saturated heterocycles. The van der Waals surface area contributed by atoms with Gasteiger partial charge in [-0.05, 0) is 54.8 Å². The van der Waals surface area contributed by atoms with Gasteiger partial charge in [-0.25, -0.2) is 4.79 Å². The van der Waals surface area contributed by atoms with Crippen LogP contribution in [-0.4, -0.2) is 11.1 Å². The smallest absolute Gasteiger partial charge is 0.335 e. The van der Waals surface area contributed by atoms with Crippen molar-refractivity contribution >= 4 is 5.97 Å².